The number of allylic oxidation sites excluding steroid dienone is 2. The summed E-state index contributed by atoms with van der Waals surface area (Å²) in [6, 6.07) is 0. The van der Waals surface area contributed by atoms with Gasteiger partial charge in [-0.15, -0.1) is 0 Å². The van der Waals surface area contributed by atoms with Crippen LogP contribution in [0.3, 0.4) is 0 Å². The standard InChI is InChI=1S/C24H39NO/c1-17-6-9-21-20-8-7-18-16-19(26-15-14-25(4)5)10-12-24(18,3)22(20)11-13-23(17,21)2/h16,19-22H,1,6-15H2,2-5H3/t19-,20?,21?,22?,23+,24-/m0/s1. The molecule has 3 fully saturated rings. The maximum atomic E-state index is 6.19. The Bertz CT molecular complexity index is 593. The van der Waals surface area contributed by atoms with Crippen molar-refractivity contribution in [3.8, 4) is 0 Å². The number of likely N-dealkylation sites (N-methyl/N-ethyl adjacent to an activating group) is 1. The van der Waals surface area contributed by atoms with Gasteiger partial charge in [0.15, 0.2) is 0 Å². The number of rotatable bonds is 4. The minimum atomic E-state index is 0.356. The van der Waals surface area contributed by atoms with Gasteiger partial charge >= 0.3 is 0 Å². The van der Waals surface area contributed by atoms with Crippen molar-refractivity contribution in [2.24, 2.45) is 28.6 Å². The topological polar surface area (TPSA) is 12.5 Å². The molecule has 146 valence electrons. The van der Waals surface area contributed by atoms with Crippen LogP contribution in [0.25, 0.3) is 0 Å². The Labute approximate surface area is 161 Å². The van der Waals surface area contributed by atoms with E-state index in [4.69, 9.17) is 4.74 Å². The fraction of sp³-hybridized carbons (Fsp3) is 0.833. The average Bonchev–Trinajstić information content (AvgIpc) is 2.90. The molecule has 0 amide bonds. The molecule has 0 N–H and O–H groups in total. The first-order chi connectivity index (χ1) is 12.3. The predicted molar refractivity (Wildman–Crippen MR) is 109 cm³/mol. The van der Waals surface area contributed by atoms with E-state index in [2.05, 4.69) is 45.5 Å². The van der Waals surface area contributed by atoms with Crippen molar-refractivity contribution in [2.45, 2.75) is 71.3 Å². The van der Waals surface area contributed by atoms with Crippen molar-refractivity contribution >= 4 is 0 Å². The molecule has 26 heavy (non-hydrogen) atoms. The van der Waals surface area contributed by atoms with Crippen LogP contribution in [-0.4, -0.2) is 38.3 Å². The highest BCUT2D eigenvalue weighted by Gasteiger charge is 2.57. The lowest BCUT2D eigenvalue weighted by Crippen LogP contribution is -2.49. The Morgan fingerprint density at radius 1 is 1.04 bits per heavy atom. The summed E-state index contributed by atoms with van der Waals surface area (Å²) < 4.78 is 6.19. The van der Waals surface area contributed by atoms with Gasteiger partial charge in [-0.1, -0.05) is 37.6 Å². The summed E-state index contributed by atoms with van der Waals surface area (Å²) in [5, 5.41) is 0. The van der Waals surface area contributed by atoms with Crippen molar-refractivity contribution in [3.63, 3.8) is 0 Å². The van der Waals surface area contributed by atoms with Gasteiger partial charge in [0.25, 0.3) is 0 Å². The second-order valence-corrected chi connectivity index (χ2v) is 10.4. The SMILES string of the molecule is C=C1CCC2C3CCC4=C[C@@H](OCCN(C)C)CC[C@]4(C)C3CC[C@]12C. The second kappa shape index (κ2) is 6.78. The fourth-order valence-corrected chi connectivity index (χ4v) is 7.12. The van der Waals surface area contributed by atoms with Crippen LogP contribution in [0.15, 0.2) is 23.8 Å². The van der Waals surface area contributed by atoms with Crippen molar-refractivity contribution in [3.05, 3.63) is 23.8 Å². The van der Waals surface area contributed by atoms with E-state index >= 15 is 0 Å². The quantitative estimate of drug-likeness (QED) is 0.620. The van der Waals surface area contributed by atoms with Crippen LogP contribution < -0.4 is 0 Å². The highest BCUT2D eigenvalue weighted by Crippen LogP contribution is 2.66. The lowest BCUT2D eigenvalue weighted by Gasteiger charge is -2.58. The smallest absolute Gasteiger partial charge is 0.0759 e. The molecule has 3 unspecified atom stereocenters. The first kappa shape index (κ1) is 18.7. The van der Waals surface area contributed by atoms with Gasteiger partial charge in [0.1, 0.15) is 0 Å². The van der Waals surface area contributed by atoms with Crippen LogP contribution in [0.1, 0.15) is 65.2 Å². The molecule has 2 nitrogen and oxygen atoms in total. The molecule has 0 aliphatic heterocycles. The summed E-state index contributed by atoms with van der Waals surface area (Å²) in [6.07, 6.45) is 13.6. The third-order valence-corrected chi connectivity index (χ3v) is 8.90. The van der Waals surface area contributed by atoms with Crippen LogP contribution in [0, 0.1) is 28.6 Å². The molecule has 3 saturated carbocycles. The van der Waals surface area contributed by atoms with Gasteiger partial charge in [0.05, 0.1) is 12.7 Å². The van der Waals surface area contributed by atoms with Gasteiger partial charge in [-0.05, 0) is 94.0 Å². The summed E-state index contributed by atoms with van der Waals surface area (Å²) in [6.45, 7) is 11.5. The number of ether oxygens (including phenoxy) is 1. The van der Waals surface area contributed by atoms with Crippen LogP contribution in [-0.2, 0) is 4.74 Å². The highest BCUT2D eigenvalue weighted by molar-refractivity contribution is 5.28. The van der Waals surface area contributed by atoms with E-state index in [9.17, 15) is 0 Å². The van der Waals surface area contributed by atoms with Gasteiger partial charge in [-0.3, -0.25) is 0 Å². The zero-order valence-electron chi connectivity index (χ0n) is 17.5. The number of hydrogen-bond acceptors (Lipinski definition) is 2. The van der Waals surface area contributed by atoms with E-state index in [1.165, 1.54) is 51.4 Å². The molecule has 4 rings (SSSR count). The van der Waals surface area contributed by atoms with Gasteiger partial charge in [0.2, 0.25) is 0 Å². The van der Waals surface area contributed by atoms with Gasteiger partial charge in [0, 0.05) is 6.54 Å². The molecule has 6 atom stereocenters. The third kappa shape index (κ3) is 2.92. The molecule has 0 aromatic rings. The van der Waals surface area contributed by atoms with E-state index < -0.39 is 0 Å². The maximum Gasteiger partial charge on any atom is 0.0759 e. The minimum Gasteiger partial charge on any atom is -0.373 e. The Kier molecular flexibility index (Phi) is 4.89. The summed E-state index contributed by atoms with van der Waals surface area (Å²) in [5.74, 6) is 2.73. The molecule has 0 aromatic carbocycles. The maximum absolute atomic E-state index is 6.19. The summed E-state index contributed by atoms with van der Waals surface area (Å²) in [5.41, 5.74) is 4.19. The minimum absolute atomic E-state index is 0.356. The Morgan fingerprint density at radius 3 is 2.54 bits per heavy atom. The second-order valence-electron chi connectivity index (χ2n) is 10.4. The van der Waals surface area contributed by atoms with Crippen LogP contribution in [0.4, 0.5) is 0 Å². The van der Waals surface area contributed by atoms with Crippen LogP contribution >= 0.6 is 0 Å². The normalized spacial score (nSPS) is 45.1. The molecular weight excluding hydrogens is 318 g/mol. The number of nitrogens with zero attached hydrogens (tertiary/aromatic N) is 1. The Balaban J connectivity index is 1.49. The largest absolute Gasteiger partial charge is 0.373 e. The number of fused-ring (bicyclic) bond motifs is 5. The molecule has 0 aromatic heterocycles. The molecule has 0 radical (unpaired) electrons. The van der Waals surface area contributed by atoms with Crippen molar-refractivity contribution < 1.29 is 4.74 Å². The molecule has 0 bridgehead atoms. The third-order valence-electron chi connectivity index (χ3n) is 8.90. The first-order valence-electron chi connectivity index (χ1n) is 11.0. The van der Waals surface area contributed by atoms with E-state index in [0.29, 0.717) is 16.9 Å². The average molecular weight is 358 g/mol. The van der Waals surface area contributed by atoms with Crippen molar-refractivity contribution in [1.29, 1.82) is 0 Å². The zero-order valence-corrected chi connectivity index (χ0v) is 17.5. The summed E-state index contributed by atoms with van der Waals surface area (Å²) in [4.78, 5) is 2.21. The molecule has 4 aliphatic carbocycles. The van der Waals surface area contributed by atoms with Crippen LogP contribution in [0.2, 0.25) is 0 Å². The lowest BCUT2D eigenvalue weighted by atomic mass is 9.47. The van der Waals surface area contributed by atoms with E-state index in [1.807, 2.05) is 0 Å². The van der Waals surface area contributed by atoms with E-state index in [-0.39, 0.29) is 0 Å². The van der Waals surface area contributed by atoms with Gasteiger partial charge in [-0.2, -0.15) is 0 Å². The molecule has 4 aliphatic rings. The van der Waals surface area contributed by atoms with E-state index in [1.54, 1.807) is 11.1 Å². The molecule has 0 heterocycles. The Morgan fingerprint density at radius 2 is 1.77 bits per heavy atom. The zero-order chi connectivity index (χ0) is 18.5. The predicted octanol–water partition coefficient (Wildman–Crippen LogP) is 5.45. The van der Waals surface area contributed by atoms with Gasteiger partial charge < -0.3 is 9.64 Å². The first-order valence-corrected chi connectivity index (χ1v) is 11.0. The van der Waals surface area contributed by atoms with E-state index in [0.717, 1.165) is 30.9 Å². The lowest BCUT2D eigenvalue weighted by molar-refractivity contribution is -0.0374. The molecule has 2 heteroatoms. The number of hydrogen-bond donors (Lipinski definition) is 0. The van der Waals surface area contributed by atoms with Crippen molar-refractivity contribution in [2.75, 3.05) is 27.2 Å². The monoisotopic (exact) mass is 357 g/mol. The van der Waals surface area contributed by atoms with Crippen molar-refractivity contribution in [1.82, 2.24) is 4.90 Å². The fourth-order valence-electron chi connectivity index (χ4n) is 7.12. The highest BCUT2D eigenvalue weighted by atomic mass is 16.5. The van der Waals surface area contributed by atoms with Crippen LogP contribution in [0.5, 0.6) is 0 Å². The summed E-state index contributed by atoms with van der Waals surface area (Å²) in [7, 11) is 4.24. The Hall–Kier alpha value is -0.600. The van der Waals surface area contributed by atoms with Gasteiger partial charge in [-0.25, -0.2) is 0 Å². The molecular formula is C24H39NO. The summed E-state index contributed by atoms with van der Waals surface area (Å²) >= 11 is 0. The molecule has 0 saturated heterocycles. The molecule has 0 spiro atoms.